The molecule has 0 amide bonds. The van der Waals surface area contributed by atoms with Gasteiger partial charge in [0.05, 0.1) is 0 Å². The number of aliphatic hydroxyl groups is 1. The first-order chi connectivity index (χ1) is 9.15. The van der Waals surface area contributed by atoms with Crippen molar-refractivity contribution in [2.75, 3.05) is 6.61 Å². The van der Waals surface area contributed by atoms with Crippen LogP contribution in [0.5, 0.6) is 0 Å². The van der Waals surface area contributed by atoms with Crippen molar-refractivity contribution in [1.29, 1.82) is 0 Å². The number of aliphatic hydroxyl groups excluding tert-OH is 1. The van der Waals surface area contributed by atoms with E-state index in [-0.39, 0.29) is 0 Å². The molecular weight excluding hydrogens is 264 g/mol. The third kappa shape index (κ3) is 31.9. The van der Waals surface area contributed by atoms with Crippen molar-refractivity contribution in [3.05, 3.63) is 0 Å². The maximum absolute atomic E-state index is 8.77. The molecule has 0 rings (SSSR count). The largest absolute Gasteiger partial charge is 0.469 e. The molecule has 0 radical (unpaired) electrons. The van der Waals surface area contributed by atoms with Gasteiger partial charge in [0.2, 0.25) is 0 Å². The molecule has 0 saturated heterocycles. The Labute approximate surface area is 123 Å². The van der Waals surface area contributed by atoms with E-state index in [1.807, 2.05) is 0 Å². The first-order valence-electron chi connectivity index (χ1n) is 7.64. The molecule has 0 atom stereocenters. The highest BCUT2D eigenvalue weighted by Gasteiger charge is 1.92. The van der Waals surface area contributed by atoms with E-state index in [4.69, 9.17) is 15.0 Å². The Morgan fingerprint density at radius 3 is 1.32 bits per heavy atom. The number of carboxylic acid groups (broad SMARTS) is 1. The minimum absolute atomic E-state index is 0.372. The lowest BCUT2D eigenvalue weighted by molar-refractivity contribution is 0.220. The summed E-state index contributed by atoms with van der Waals surface area (Å²) >= 11 is 4.19. The van der Waals surface area contributed by atoms with Crippen LogP contribution >= 0.6 is 11.6 Å². The Bertz CT molecular complexity index is 159. The molecule has 0 unspecified atom stereocenters. The van der Waals surface area contributed by atoms with E-state index < -0.39 is 5.43 Å². The maximum atomic E-state index is 8.77. The van der Waals surface area contributed by atoms with Crippen molar-refractivity contribution in [3.63, 3.8) is 0 Å². The Morgan fingerprint density at radius 1 is 0.789 bits per heavy atom. The van der Waals surface area contributed by atoms with Crippen molar-refractivity contribution in [2.24, 2.45) is 0 Å². The minimum atomic E-state index is -1.36. The van der Waals surface area contributed by atoms with Crippen LogP contribution in [0.15, 0.2) is 0 Å². The molecule has 0 aliphatic carbocycles. The van der Waals surface area contributed by atoms with Crippen LogP contribution in [0.2, 0.25) is 0 Å². The summed E-state index contributed by atoms with van der Waals surface area (Å²) in [4.78, 5) is 8.77. The Kier molecular flexibility index (Phi) is 22.2. The fraction of sp³-hybridized carbons (Fsp3) is 0.933. The lowest BCUT2D eigenvalue weighted by atomic mass is 10.1. The van der Waals surface area contributed by atoms with Gasteiger partial charge in [0.1, 0.15) is 0 Å². The summed E-state index contributed by atoms with van der Waals surface area (Å²) in [5, 5.41) is 15.8. The number of hydrogen-bond donors (Lipinski definition) is 2. The highest BCUT2D eigenvalue weighted by Crippen LogP contribution is 2.11. The van der Waals surface area contributed by atoms with E-state index in [1.165, 1.54) is 70.6 Å². The number of halogens is 1. The molecule has 0 aromatic heterocycles. The van der Waals surface area contributed by atoms with Gasteiger partial charge in [-0.15, -0.1) is 0 Å². The van der Waals surface area contributed by atoms with Crippen molar-refractivity contribution in [1.82, 2.24) is 0 Å². The summed E-state index contributed by atoms with van der Waals surface area (Å²) in [6, 6.07) is 0. The molecule has 0 heterocycles. The lowest BCUT2D eigenvalue weighted by Gasteiger charge is -2.01. The third-order valence-electron chi connectivity index (χ3n) is 3.01. The molecule has 0 aromatic rings. The predicted molar refractivity (Wildman–Crippen MR) is 82.0 cm³/mol. The number of unbranched alkanes of at least 4 members (excludes halogenated alkanes) is 11. The van der Waals surface area contributed by atoms with Gasteiger partial charge in [-0.2, -0.15) is 0 Å². The molecule has 0 aliphatic heterocycles. The third-order valence-corrected chi connectivity index (χ3v) is 3.01. The van der Waals surface area contributed by atoms with E-state index in [1.54, 1.807) is 0 Å². The minimum Gasteiger partial charge on any atom is -0.469 e. The SMILES string of the molecule is CCCCCCCCCCCCCCO.O=C(O)Cl. The second-order valence-electron chi connectivity index (χ2n) is 4.87. The zero-order valence-corrected chi connectivity index (χ0v) is 13.1. The molecule has 2 N–H and O–H groups in total. The van der Waals surface area contributed by atoms with Gasteiger partial charge in [-0.25, -0.2) is 4.79 Å². The Balaban J connectivity index is 0. The van der Waals surface area contributed by atoms with E-state index in [0.29, 0.717) is 6.61 Å². The zero-order valence-electron chi connectivity index (χ0n) is 12.4. The van der Waals surface area contributed by atoms with Gasteiger partial charge in [0, 0.05) is 18.2 Å². The normalized spacial score (nSPS) is 9.84. The molecule has 19 heavy (non-hydrogen) atoms. The second-order valence-corrected chi connectivity index (χ2v) is 5.19. The number of rotatable bonds is 12. The molecule has 116 valence electrons. The quantitative estimate of drug-likeness (QED) is 0.365. The molecular formula is C15H31ClO3. The first-order valence-corrected chi connectivity index (χ1v) is 8.02. The standard InChI is InChI=1S/C14H30O.CHClO2/c1-2-3-4-5-6-7-8-9-10-11-12-13-14-15;2-1(3)4/h15H,2-14H2,1H3;(H,3,4). The summed E-state index contributed by atoms with van der Waals surface area (Å²) in [7, 11) is 0. The van der Waals surface area contributed by atoms with Crippen LogP contribution in [0.3, 0.4) is 0 Å². The van der Waals surface area contributed by atoms with Crippen molar-refractivity contribution in [2.45, 2.75) is 84.0 Å². The predicted octanol–water partition coefficient (Wildman–Crippen LogP) is 5.58. The summed E-state index contributed by atoms with van der Waals surface area (Å²) in [6.45, 7) is 2.64. The van der Waals surface area contributed by atoms with E-state index in [9.17, 15) is 0 Å². The molecule has 0 saturated carbocycles. The highest BCUT2D eigenvalue weighted by molar-refractivity contribution is 6.60. The van der Waals surface area contributed by atoms with Crippen LogP contribution in [-0.2, 0) is 0 Å². The van der Waals surface area contributed by atoms with Gasteiger partial charge >= 0.3 is 5.43 Å². The molecule has 0 spiro atoms. The maximum Gasteiger partial charge on any atom is 0.401 e. The fourth-order valence-corrected chi connectivity index (χ4v) is 1.95. The fourth-order valence-electron chi connectivity index (χ4n) is 1.95. The van der Waals surface area contributed by atoms with E-state index >= 15 is 0 Å². The topological polar surface area (TPSA) is 57.5 Å². The van der Waals surface area contributed by atoms with E-state index in [2.05, 4.69) is 18.5 Å². The van der Waals surface area contributed by atoms with Gasteiger partial charge in [0.25, 0.3) is 0 Å². The van der Waals surface area contributed by atoms with Crippen molar-refractivity contribution >= 4 is 17.0 Å². The van der Waals surface area contributed by atoms with Gasteiger partial charge in [-0.1, -0.05) is 77.6 Å². The van der Waals surface area contributed by atoms with Crippen LogP contribution in [0.1, 0.15) is 84.0 Å². The van der Waals surface area contributed by atoms with Crippen LogP contribution in [0.4, 0.5) is 4.79 Å². The van der Waals surface area contributed by atoms with Crippen molar-refractivity contribution < 1.29 is 15.0 Å². The molecule has 0 fully saturated rings. The average molecular weight is 295 g/mol. The molecule has 3 nitrogen and oxygen atoms in total. The smallest absolute Gasteiger partial charge is 0.401 e. The lowest BCUT2D eigenvalue weighted by Crippen LogP contribution is -1.84. The van der Waals surface area contributed by atoms with Gasteiger partial charge in [-0.3, -0.25) is 0 Å². The van der Waals surface area contributed by atoms with Crippen LogP contribution in [0.25, 0.3) is 0 Å². The van der Waals surface area contributed by atoms with E-state index in [0.717, 1.165) is 6.42 Å². The first kappa shape index (κ1) is 21.0. The Hall–Kier alpha value is -0.280. The van der Waals surface area contributed by atoms with Gasteiger partial charge < -0.3 is 10.2 Å². The second kappa shape index (κ2) is 20.0. The monoisotopic (exact) mass is 294 g/mol. The van der Waals surface area contributed by atoms with Gasteiger partial charge in [-0.05, 0) is 6.42 Å². The zero-order chi connectivity index (χ0) is 14.8. The van der Waals surface area contributed by atoms with Crippen LogP contribution < -0.4 is 0 Å². The Morgan fingerprint density at radius 2 is 1.05 bits per heavy atom. The van der Waals surface area contributed by atoms with Crippen LogP contribution in [0, 0.1) is 0 Å². The highest BCUT2D eigenvalue weighted by atomic mass is 35.5. The average Bonchev–Trinajstić information content (AvgIpc) is 2.35. The van der Waals surface area contributed by atoms with Crippen LogP contribution in [-0.4, -0.2) is 22.2 Å². The molecule has 0 aliphatic rings. The number of hydrogen-bond acceptors (Lipinski definition) is 2. The molecule has 0 aromatic carbocycles. The number of carbonyl (C=O) groups is 1. The molecule has 4 heteroatoms. The summed E-state index contributed by atoms with van der Waals surface area (Å²) in [5.41, 5.74) is -1.36. The summed E-state index contributed by atoms with van der Waals surface area (Å²) in [6.07, 6.45) is 16.2. The molecule has 0 bridgehead atoms. The van der Waals surface area contributed by atoms with Gasteiger partial charge in [0.15, 0.2) is 0 Å². The summed E-state index contributed by atoms with van der Waals surface area (Å²) in [5.74, 6) is 0. The van der Waals surface area contributed by atoms with Crippen molar-refractivity contribution in [3.8, 4) is 0 Å². The summed E-state index contributed by atoms with van der Waals surface area (Å²) < 4.78 is 0.